The van der Waals surface area contributed by atoms with Crippen LogP contribution in [0, 0.1) is 0 Å². The number of cyclic esters (lactones) is 1. The van der Waals surface area contributed by atoms with Crippen LogP contribution in [0.1, 0.15) is 46.8 Å². The van der Waals surface area contributed by atoms with Crippen molar-refractivity contribution >= 4 is 47.1 Å². The molecule has 4 rings (SSSR count). The van der Waals surface area contributed by atoms with E-state index in [0.29, 0.717) is 17.0 Å². The maximum absolute atomic E-state index is 12.6. The maximum Gasteiger partial charge on any atom is 0.363 e. The van der Waals surface area contributed by atoms with Gasteiger partial charge in [-0.15, -0.1) is 0 Å². The summed E-state index contributed by atoms with van der Waals surface area (Å²) in [5.41, 5.74) is 2.67. The molecule has 3 aromatic rings. The van der Waals surface area contributed by atoms with Crippen molar-refractivity contribution in [2.45, 2.75) is 19.8 Å². The zero-order valence-electron chi connectivity index (χ0n) is 19.2. The molecule has 0 spiro atoms. The van der Waals surface area contributed by atoms with Crippen LogP contribution in [0.2, 0.25) is 10.0 Å². The number of hydrogen-bond acceptors (Lipinski definition) is 6. The van der Waals surface area contributed by atoms with E-state index >= 15 is 0 Å². The van der Waals surface area contributed by atoms with Crippen LogP contribution in [0.25, 0.3) is 6.08 Å². The van der Waals surface area contributed by atoms with Gasteiger partial charge in [0, 0.05) is 5.56 Å². The third-order valence-corrected chi connectivity index (χ3v) is 5.90. The van der Waals surface area contributed by atoms with Gasteiger partial charge >= 0.3 is 11.9 Å². The Morgan fingerprint density at radius 3 is 2.40 bits per heavy atom. The molecular weight excluding hydrogens is 489 g/mol. The van der Waals surface area contributed by atoms with Gasteiger partial charge in [0.2, 0.25) is 5.90 Å². The van der Waals surface area contributed by atoms with E-state index in [1.807, 2.05) is 24.3 Å². The zero-order chi connectivity index (χ0) is 25.1. The molecule has 3 aromatic carbocycles. The molecule has 0 bridgehead atoms. The van der Waals surface area contributed by atoms with Gasteiger partial charge in [-0.1, -0.05) is 61.3 Å². The lowest BCUT2D eigenvalue weighted by Crippen LogP contribution is -2.10. The molecule has 0 amide bonds. The van der Waals surface area contributed by atoms with Gasteiger partial charge < -0.3 is 14.2 Å². The molecule has 0 N–H and O–H groups in total. The summed E-state index contributed by atoms with van der Waals surface area (Å²) in [7, 11) is 1.41. The number of ether oxygens (including phenoxy) is 3. The molecule has 0 saturated heterocycles. The molecule has 1 aliphatic rings. The monoisotopic (exact) mass is 509 g/mol. The first kappa shape index (κ1) is 24.5. The quantitative estimate of drug-likeness (QED) is 0.210. The molecule has 178 valence electrons. The second-order valence-electron chi connectivity index (χ2n) is 8.02. The van der Waals surface area contributed by atoms with Gasteiger partial charge in [0.25, 0.3) is 0 Å². The largest absolute Gasteiger partial charge is 0.493 e. The number of aliphatic imine (C=N–C) groups is 1. The molecule has 0 unspecified atom stereocenters. The fourth-order valence-corrected chi connectivity index (χ4v) is 3.87. The lowest BCUT2D eigenvalue weighted by atomic mass is 10.0. The minimum absolute atomic E-state index is 0.0321. The average molecular weight is 510 g/mol. The predicted octanol–water partition coefficient (Wildman–Crippen LogP) is 6.69. The normalized spacial score (nSPS) is 14.2. The van der Waals surface area contributed by atoms with Gasteiger partial charge in [-0.3, -0.25) is 0 Å². The van der Waals surface area contributed by atoms with E-state index in [9.17, 15) is 9.59 Å². The SMILES string of the molecule is COc1cc(/C=C2\N=C(c3ccc(C(C)C)cc3)OC2=O)cc(Cl)c1OC(=O)c1ccccc1Cl. The van der Waals surface area contributed by atoms with Crippen LogP contribution < -0.4 is 9.47 Å². The second kappa shape index (κ2) is 10.3. The summed E-state index contributed by atoms with van der Waals surface area (Å²) in [6.45, 7) is 4.21. The summed E-state index contributed by atoms with van der Waals surface area (Å²) in [6.07, 6.45) is 1.52. The Hall–Kier alpha value is -3.61. The van der Waals surface area contributed by atoms with E-state index in [1.165, 1.54) is 24.8 Å². The van der Waals surface area contributed by atoms with E-state index in [4.69, 9.17) is 37.4 Å². The summed E-state index contributed by atoms with van der Waals surface area (Å²) in [5.74, 6) is -0.426. The first-order valence-corrected chi connectivity index (χ1v) is 11.5. The Balaban J connectivity index is 1.61. The van der Waals surface area contributed by atoms with Gasteiger partial charge in [0.15, 0.2) is 17.2 Å². The maximum atomic E-state index is 12.6. The van der Waals surface area contributed by atoms with Crippen molar-refractivity contribution in [2.24, 2.45) is 4.99 Å². The van der Waals surface area contributed by atoms with Crippen LogP contribution in [-0.4, -0.2) is 24.9 Å². The molecule has 0 saturated carbocycles. The van der Waals surface area contributed by atoms with Crippen molar-refractivity contribution in [3.63, 3.8) is 0 Å². The van der Waals surface area contributed by atoms with Crippen LogP contribution in [0.15, 0.2) is 71.4 Å². The summed E-state index contributed by atoms with van der Waals surface area (Å²) in [6, 6.07) is 17.3. The van der Waals surface area contributed by atoms with Crippen LogP contribution in [0.3, 0.4) is 0 Å². The first-order valence-electron chi connectivity index (χ1n) is 10.7. The fraction of sp³-hybridized carbons (Fsp3) is 0.148. The smallest absolute Gasteiger partial charge is 0.363 e. The molecule has 0 atom stereocenters. The second-order valence-corrected chi connectivity index (χ2v) is 8.83. The third-order valence-electron chi connectivity index (χ3n) is 5.29. The van der Waals surface area contributed by atoms with Crippen molar-refractivity contribution in [1.29, 1.82) is 0 Å². The number of hydrogen-bond donors (Lipinski definition) is 0. The van der Waals surface area contributed by atoms with Crippen molar-refractivity contribution < 1.29 is 23.8 Å². The Bertz CT molecular complexity index is 1360. The highest BCUT2D eigenvalue weighted by atomic mass is 35.5. The zero-order valence-corrected chi connectivity index (χ0v) is 20.7. The molecule has 0 aromatic heterocycles. The number of rotatable bonds is 6. The molecule has 6 nitrogen and oxygen atoms in total. The number of esters is 2. The van der Waals surface area contributed by atoms with Gasteiger partial charge in [0.1, 0.15) is 0 Å². The average Bonchev–Trinajstić information content (AvgIpc) is 3.20. The minimum atomic E-state index is -0.681. The van der Waals surface area contributed by atoms with Crippen molar-refractivity contribution in [2.75, 3.05) is 7.11 Å². The molecular formula is C27H21Cl2NO5. The van der Waals surface area contributed by atoms with Gasteiger partial charge in [-0.05, 0) is 59.5 Å². The van der Waals surface area contributed by atoms with Crippen molar-refractivity contribution in [1.82, 2.24) is 0 Å². The van der Waals surface area contributed by atoms with E-state index < -0.39 is 11.9 Å². The molecule has 1 aliphatic heterocycles. The Kier molecular flexibility index (Phi) is 7.24. The molecule has 0 fully saturated rings. The van der Waals surface area contributed by atoms with Crippen molar-refractivity contribution in [3.8, 4) is 11.5 Å². The highest BCUT2D eigenvalue weighted by Gasteiger charge is 2.25. The van der Waals surface area contributed by atoms with Crippen LogP contribution in [-0.2, 0) is 9.53 Å². The third kappa shape index (κ3) is 5.39. The summed E-state index contributed by atoms with van der Waals surface area (Å²) in [5, 5.41) is 0.359. The number of carbonyl (C=O) groups excluding carboxylic acids is 2. The Labute approximate surface area is 212 Å². The van der Waals surface area contributed by atoms with Gasteiger partial charge in [0.05, 0.1) is 22.7 Å². The van der Waals surface area contributed by atoms with E-state index in [1.54, 1.807) is 30.3 Å². The molecule has 35 heavy (non-hydrogen) atoms. The first-order chi connectivity index (χ1) is 16.8. The molecule has 0 radical (unpaired) electrons. The van der Waals surface area contributed by atoms with E-state index in [-0.39, 0.29) is 38.7 Å². The standard InChI is InChI=1S/C27H21Cl2NO5/c1-15(2)17-8-10-18(11-9-17)25-30-22(27(32)35-25)13-16-12-21(29)24(23(14-16)33-3)34-26(31)19-6-4-5-7-20(19)28/h4-15H,1-3H3/b22-13-. The number of nitrogens with zero attached hydrogens (tertiary/aromatic N) is 1. The van der Waals surface area contributed by atoms with Crippen molar-refractivity contribution in [3.05, 3.63) is 98.7 Å². The van der Waals surface area contributed by atoms with Gasteiger partial charge in [-0.2, -0.15) is 0 Å². The molecule has 8 heteroatoms. The number of benzene rings is 3. The minimum Gasteiger partial charge on any atom is -0.493 e. The van der Waals surface area contributed by atoms with Crippen LogP contribution in [0.5, 0.6) is 11.5 Å². The number of carbonyl (C=O) groups is 2. The predicted molar refractivity (Wildman–Crippen MR) is 136 cm³/mol. The summed E-state index contributed by atoms with van der Waals surface area (Å²) in [4.78, 5) is 29.3. The fourth-order valence-electron chi connectivity index (χ4n) is 3.40. The highest BCUT2D eigenvalue weighted by Crippen LogP contribution is 2.38. The lowest BCUT2D eigenvalue weighted by molar-refractivity contribution is -0.129. The van der Waals surface area contributed by atoms with Gasteiger partial charge in [-0.25, -0.2) is 14.6 Å². The van der Waals surface area contributed by atoms with Crippen LogP contribution >= 0.6 is 23.2 Å². The Morgan fingerprint density at radius 1 is 1.03 bits per heavy atom. The van der Waals surface area contributed by atoms with Crippen LogP contribution in [0.4, 0.5) is 0 Å². The van der Waals surface area contributed by atoms with E-state index in [0.717, 1.165) is 0 Å². The van der Waals surface area contributed by atoms with E-state index in [2.05, 4.69) is 18.8 Å². The lowest BCUT2D eigenvalue weighted by Gasteiger charge is -2.12. The molecule has 0 aliphatic carbocycles. The molecule has 1 heterocycles. The summed E-state index contributed by atoms with van der Waals surface area (Å²) >= 11 is 12.5. The topological polar surface area (TPSA) is 74.2 Å². The highest BCUT2D eigenvalue weighted by molar-refractivity contribution is 6.34. The Morgan fingerprint density at radius 2 is 1.74 bits per heavy atom. The summed E-state index contributed by atoms with van der Waals surface area (Å²) < 4.78 is 16.2. The number of halogens is 2. The number of methoxy groups -OCH3 is 1.